The van der Waals surface area contributed by atoms with Crippen LogP contribution in [0.25, 0.3) is 0 Å². The molecule has 2 aliphatic rings. The van der Waals surface area contributed by atoms with Gasteiger partial charge < -0.3 is 19.9 Å². The van der Waals surface area contributed by atoms with Gasteiger partial charge in [-0.2, -0.15) is 0 Å². The summed E-state index contributed by atoms with van der Waals surface area (Å²) in [6.07, 6.45) is 3.45. The van der Waals surface area contributed by atoms with Gasteiger partial charge in [0.2, 0.25) is 5.91 Å². The van der Waals surface area contributed by atoms with Crippen molar-refractivity contribution in [2.75, 3.05) is 49.6 Å². The van der Waals surface area contributed by atoms with E-state index >= 15 is 0 Å². The normalized spacial score (nSPS) is 21.3. The highest BCUT2D eigenvalue weighted by atomic mass is 16.6. The summed E-state index contributed by atoms with van der Waals surface area (Å²) in [6, 6.07) is 6.01. The van der Waals surface area contributed by atoms with E-state index in [-0.39, 0.29) is 30.1 Å². The third-order valence-corrected chi connectivity index (χ3v) is 6.52. The number of anilines is 2. The lowest BCUT2D eigenvalue weighted by atomic mass is 9.92. The molecule has 33 heavy (non-hydrogen) atoms. The lowest BCUT2D eigenvalue weighted by Crippen LogP contribution is -2.51. The summed E-state index contributed by atoms with van der Waals surface area (Å²) in [5.41, 5.74) is 2.64. The van der Waals surface area contributed by atoms with Gasteiger partial charge in [0.1, 0.15) is 0 Å². The molecule has 1 aromatic rings. The van der Waals surface area contributed by atoms with Gasteiger partial charge in [-0.25, -0.2) is 4.79 Å². The van der Waals surface area contributed by atoms with Crippen LogP contribution in [0.3, 0.4) is 0 Å². The Bertz CT molecular complexity index is 850. The van der Waals surface area contributed by atoms with Gasteiger partial charge >= 0.3 is 6.09 Å². The number of ether oxygens (including phenoxy) is 1. The van der Waals surface area contributed by atoms with E-state index in [2.05, 4.69) is 36.0 Å². The Morgan fingerprint density at radius 3 is 2.70 bits per heavy atom. The largest absolute Gasteiger partial charge is 0.446 e. The number of nitrogens with zero attached hydrogens (tertiary/aromatic N) is 3. The van der Waals surface area contributed by atoms with E-state index in [1.165, 1.54) is 6.42 Å². The molecule has 1 unspecified atom stereocenters. The molecule has 0 radical (unpaired) electrons. The van der Waals surface area contributed by atoms with Gasteiger partial charge in [-0.05, 0) is 77.4 Å². The van der Waals surface area contributed by atoms with Crippen LogP contribution in [0, 0.1) is 5.92 Å². The highest BCUT2D eigenvalue weighted by Crippen LogP contribution is 2.39. The van der Waals surface area contributed by atoms with Crippen molar-refractivity contribution < 1.29 is 14.3 Å². The van der Waals surface area contributed by atoms with Crippen molar-refractivity contribution in [2.45, 2.75) is 58.6 Å². The number of hydrogen-bond donors (Lipinski definition) is 1. The van der Waals surface area contributed by atoms with Crippen LogP contribution in [-0.4, -0.2) is 68.8 Å². The van der Waals surface area contributed by atoms with Crippen LogP contribution in [-0.2, 0) is 9.53 Å². The van der Waals surface area contributed by atoms with Crippen LogP contribution in [0.4, 0.5) is 16.2 Å². The second-order valence-electron chi connectivity index (χ2n) is 9.83. The monoisotopic (exact) mass is 456 g/mol. The second kappa shape index (κ2) is 11.2. The Morgan fingerprint density at radius 2 is 2.09 bits per heavy atom. The number of nitrogens with one attached hydrogen (secondary N) is 1. The lowest BCUT2D eigenvalue weighted by molar-refractivity contribution is -0.117. The van der Waals surface area contributed by atoms with E-state index < -0.39 is 0 Å². The minimum atomic E-state index is -0.371. The molecule has 1 fully saturated rings. The van der Waals surface area contributed by atoms with Gasteiger partial charge in [-0.3, -0.25) is 9.69 Å². The van der Waals surface area contributed by atoms with Gasteiger partial charge in [0.25, 0.3) is 0 Å². The molecular formula is C26H40N4O3. The van der Waals surface area contributed by atoms with E-state index in [1.54, 1.807) is 16.7 Å². The molecule has 0 spiro atoms. The summed E-state index contributed by atoms with van der Waals surface area (Å²) in [5.74, 6) is 0.913. The van der Waals surface area contributed by atoms with Crippen molar-refractivity contribution in [3.05, 3.63) is 36.4 Å². The second-order valence-corrected chi connectivity index (χ2v) is 9.83. The summed E-state index contributed by atoms with van der Waals surface area (Å²) in [7, 11) is 2.18. The number of amides is 2. The van der Waals surface area contributed by atoms with Crippen molar-refractivity contribution in [1.82, 2.24) is 10.2 Å². The third-order valence-electron chi connectivity index (χ3n) is 6.52. The zero-order chi connectivity index (χ0) is 24.1. The number of allylic oxidation sites excluding steroid dienone is 1. The molecule has 2 heterocycles. The molecule has 3 atom stereocenters. The minimum absolute atomic E-state index is 0.0269. The Hall–Kier alpha value is -2.38. The standard InChI is InChI=1S/C26H40N4O3/c1-7-8-23(17-28(6)16-21-11-12-27-14-21)22-9-10-24-25(13-22)29(26(32)33-18(2)3)15-19(4)30(24)20(5)31/h7,9-10,13,18-19,21,23,27H,1,8,11-12,14-17H2,2-6H3/t19-,21+,23?/m0/s1. The quantitative estimate of drug-likeness (QED) is 0.599. The van der Waals surface area contributed by atoms with E-state index in [0.29, 0.717) is 12.5 Å². The SMILES string of the molecule is C=CCC(CN(C)C[C@@H]1CCNC1)c1ccc2c(c1)N(C(=O)OC(C)C)C[C@H](C)N2C(C)=O. The van der Waals surface area contributed by atoms with Crippen LogP contribution in [0.2, 0.25) is 0 Å². The topological polar surface area (TPSA) is 65.1 Å². The molecular weight excluding hydrogens is 416 g/mol. The number of benzene rings is 1. The van der Waals surface area contributed by atoms with Crippen LogP contribution < -0.4 is 15.1 Å². The van der Waals surface area contributed by atoms with E-state index in [4.69, 9.17) is 4.74 Å². The summed E-state index contributed by atoms with van der Waals surface area (Å²) >= 11 is 0. The molecule has 7 nitrogen and oxygen atoms in total. The van der Waals surface area contributed by atoms with Crippen molar-refractivity contribution in [3.63, 3.8) is 0 Å². The summed E-state index contributed by atoms with van der Waals surface area (Å²) < 4.78 is 5.53. The Kier molecular flexibility index (Phi) is 8.54. The Labute approximate surface area is 198 Å². The van der Waals surface area contributed by atoms with Gasteiger partial charge in [0.05, 0.1) is 23.5 Å². The van der Waals surface area contributed by atoms with E-state index in [0.717, 1.165) is 49.5 Å². The van der Waals surface area contributed by atoms with E-state index in [1.807, 2.05) is 32.9 Å². The number of hydrogen-bond acceptors (Lipinski definition) is 5. The van der Waals surface area contributed by atoms with Gasteiger partial charge in [0, 0.05) is 32.5 Å². The highest BCUT2D eigenvalue weighted by molar-refractivity contribution is 6.02. The lowest BCUT2D eigenvalue weighted by Gasteiger charge is -2.41. The maximum absolute atomic E-state index is 12.9. The maximum Gasteiger partial charge on any atom is 0.414 e. The van der Waals surface area contributed by atoms with Crippen LogP contribution in [0.5, 0.6) is 0 Å². The first kappa shape index (κ1) is 25.2. The highest BCUT2D eigenvalue weighted by Gasteiger charge is 2.35. The first-order chi connectivity index (χ1) is 15.7. The fourth-order valence-electron chi connectivity index (χ4n) is 5.09. The summed E-state index contributed by atoms with van der Waals surface area (Å²) in [6.45, 7) is 15.8. The summed E-state index contributed by atoms with van der Waals surface area (Å²) in [4.78, 5) is 31.2. The molecule has 2 amide bonds. The predicted octanol–water partition coefficient (Wildman–Crippen LogP) is 3.99. The minimum Gasteiger partial charge on any atom is -0.446 e. The average Bonchev–Trinajstić information content (AvgIpc) is 3.24. The Morgan fingerprint density at radius 1 is 1.33 bits per heavy atom. The van der Waals surface area contributed by atoms with Crippen LogP contribution in [0.15, 0.2) is 30.9 Å². The zero-order valence-electron chi connectivity index (χ0n) is 20.8. The molecule has 0 aromatic heterocycles. The zero-order valence-corrected chi connectivity index (χ0v) is 20.8. The van der Waals surface area contributed by atoms with Crippen LogP contribution >= 0.6 is 0 Å². The molecule has 0 saturated carbocycles. The molecule has 182 valence electrons. The first-order valence-corrected chi connectivity index (χ1v) is 12.1. The molecule has 1 N–H and O–H groups in total. The fraction of sp³-hybridized carbons (Fsp3) is 0.615. The van der Waals surface area contributed by atoms with Crippen molar-refractivity contribution >= 4 is 23.4 Å². The molecule has 0 bridgehead atoms. The van der Waals surface area contributed by atoms with Crippen molar-refractivity contribution in [3.8, 4) is 0 Å². The Balaban J connectivity index is 1.91. The smallest absolute Gasteiger partial charge is 0.414 e. The third kappa shape index (κ3) is 6.15. The number of carbonyl (C=O) groups is 2. The molecule has 2 aliphatic heterocycles. The van der Waals surface area contributed by atoms with E-state index in [9.17, 15) is 9.59 Å². The van der Waals surface area contributed by atoms with Crippen molar-refractivity contribution in [2.24, 2.45) is 5.92 Å². The number of rotatable bonds is 8. The number of likely N-dealkylation sites (N-methyl/N-ethyl adjacent to an activating group) is 1. The fourth-order valence-corrected chi connectivity index (χ4v) is 5.09. The average molecular weight is 457 g/mol. The number of fused-ring (bicyclic) bond motifs is 1. The molecule has 0 aliphatic carbocycles. The van der Waals surface area contributed by atoms with Gasteiger partial charge in [-0.15, -0.1) is 6.58 Å². The van der Waals surface area contributed by atoms with Gasteiger partial charge in [0.15, 0.2) is 0 Å². The molecule has 7 heteroatoms. The first-order valence-electron chi connectivity index (χ1n) is 12.1. The molecule has 1 aromatic carbocycles. The summed E-state index contributed by atoms with van der Waals surface area (Å²) in [5, 5.41) is 3.44. The molecule has 1 saturated heterocycles. The predicted molar refractivity (Wildman–Crippen MR) is 134 cm³/mol. The number of carbonyl (C=O) groups excluding carboxylic acids is 2. The van der Waals surface area contributed by atoms with Gasteiger partial charge in [-0.1, -0.05) is 12.1 Å². The van der Waals surface area contributed by atoms with Crippen molar-refractivity contribution in [1.29, 1.82) is 0 Å². The maximum atomic E-state index is 12.9. The van der Waals surface area contributed by atoms with Crippen LogP contribution in [0.1, 0.15) is 52.0 Å². The molecule has 3 rings (SSSR count).